The molecule has 0 bridgehead atoms. The fourth-order valence-electron chi connectivity index (χ4n) is 1.91. The van der Waals surface area contributed by atoms with Crippen LogP contribution in [-0.2, 0) is 0 Å². The van der Waals surface area contributed by atoms with E-state index in [1.165, 1.54) is 16.7 Å². The van der Waals surface area contributed by atoms with Gasteiger partial charge in [0.2, 0.25) is 0 Å². The van der Waals surface area contributed by atoms with Crippen molar-refractivity contribution in [2.75, 3.05) is 19.0 Å². The Labute approximate surface area is 110 Å². The summed E-state index contributed by atoms with van der Waals surface area (Å²) in [6.45, 7) is 9.27. The fourth-order valence-corrected chi connectivity index (χ4v) is 2.42. The zero-order chi connectivity index (χ0) is 13.0. The molecule has 0 fully saturated rings. The molecule has 0 heterocycles. The van der Waals surface area contributed by atoms with E-state index >= 15 is 0 Å². The Bertz CT molecular complexity index is 402. The Hall–Kier alpha value is -0.830. The first kappa shape index (κ1) is 14.2. The van der Waals surface area contributed by atoms with Gasteiger partial charge in [-0.05, 0) is 43.9 Å². The van der Waals surface area contributed by atoms with Crippen LogP contribution in [0.3, 0.4) is 0 Å². The van der Waals surface area contributed by atoms with Crippen molar-refractivity contribution in [1.29, 1.82) is 0 Å². The molecule has 17 heavy (non-hydrogen) atoms. The maximum Gasteiger partial charge on any atom is 0.137 e. The summed E-state index contributed by atoms with van der Waals surface area (Å²) in [5.41, 5.74) is 4.79. The highest BCUT2D eigenvalue weighted by atomic mass is 32.1. The van der Waals surface area contributed by atoms with E-state index in [0.29, 0.717) is 0 Å². The third-order valence-electron chi connectivity index (χ3n) is 3.29. The predicted octanol–water partition coefficient (Wildman–Crippen LogP) is 4.12. The van der Waals surface area contributed by atoms with Gasteiger partial charge >= 0.3 is 0 Å². The molecule has 1 aromatic carbocycles. The van der Waals surface area contributed by atoms with Crippen molar-refractivity contribution in [3.63, 3.8) is 0 Å². The van der Waals surface area contributed by atoms with Crippen LogP contribution in [0.5, 0.6) is 5.75 Å². The van der Waals surface area contributed by atoms with Gasteiger partial charge in [-0.3, -0.25) is 0 Å². The highest BCUT2D eigenvalue weighted by Gasteiger charge is 2.15. The van der Waals surface area contributed by atoms with Gasteiger partial charge in [-0.1, -0.05) is 13.3 Å². The number of benzene rings is 1. The van der Waals surface area contributed by atoms with Crippen LogP contribution >= 0.6 is 12.6 Å². The summed E-state index contributed by atoms with van der Waals surface area (Å²) in [7, 11) is 1.92. The zero-order valence-corrected chi connectivity index (χ0v) is 12.4. The Kier molecular flexibility index (Phi) is 5.19. The van der Waals surface area contributed by atoms with Crippen LogP contribution in [0.2, 0.25) is 0 Å². The number of hydrogen-bond acceptors (Lipinski definition) is 3. The number of nitrogens with one attached hydrogen (secondary N) is 1. The molecule has 2 nitrogen and oxygen atoms in total. The first-order chi connectivity index (χ1) is 8.04. The average Bonchev–Trinajstić information content (AvgIpc) is 2.32. The molecule has 1 N–H and O–H groups in total. The molecule has 0 saturated heterocycles. The topological polar surface area (TPSA) is 21.3 Å². The molecule has 0 aliphatic rings. The molecule has 0 radical (unpaired) electrons. The molecule has 0 aliphatic heterocycles. The Balaban J connectivity index is 3.15. The van der Waals surface area contributed by atoms with Gasteiger partial charge in [-0.25, -0.2) is 0 Å². The van der Waals surface area contributed by atoms with Gasteiger partial charge in [0.1, 0.15) is 5.75 Å². The van der Waals surface area contributed by atoms with Crippen LogP contribution < -0.4 is 10.1 Å². The van der Waals surface area contributed by atoms with E-state index in [1.54, 1.807) is 0 Å². The second-order valence-corrected chi connectivity index (χ2v) is 4.83. The molecule has 0 aromatic heterocycles. The van der Waals surface area contributed by atoms with Crippen LogP contribution in [0.1, 0.15) is 36.5 Å². The molecule has 1 aromatic rings. The maximum absolute atomic E-state index is 5.87. The number of unbranched alkanes of at least 4 members (excludes halogenated alkanes) is 1. The van der Waals surface area contributed by atoms with E-state index in [2.05, 4.69) is 45.6 Å². The largest absolute Gasteiger partial charge is 0.492 e. The van der Waals surface area contributed by atoms with Gasteiger partial charge in [0, 0.05) is 7.05 Å². The van der Waals surface area contributed by atoms with Crippen LogP contribution in [0.25, 0.3) is 0 Å². The quantitative estimate of drug-likeness (QED) is 0.608. The molecule has 0 amide bonds. The van der Waals surface area contributed by atoms with Crippen LogP contribution in [0.15, 0.2) is 4.90 Å². The van der Waals surface area contributed by atoms with E-state index in [9.17, 15) is 0 Å². The highest BCUT2D eigenvalue weighted by Crippen LogP contribution is 2.39. The monoisotopic (exact) mass is 253 g/mol. The molecule has 0 unspecified atom stereocenters. The second kappa shape index (κ2) is 6.20. The Morgan fingerprint density at radius 2 is 1.76 bits per heavy atom. The molecule has 96 valence electrons. The fraction of sp³-hybridized carbons (Fsp3) is 0.571. The SMILES string of the molecule is CCCCOc1c(C)c(C)c(C)c(NC)c1S. The number of anilines is 1. The molecule has 0 atom stereocenters. The van der Waals surface area contributed by atoms with Crippen molar-refractivity contribution < 1.29 is 4.74 Å². The zero-order valence-electron chi connectivity index (χ0n) is 11.5. The average molecular weight is 253 g/mol. The first-order valence-electron chi connectivity index (χ1n) is 6.17. The summed E-state index contributed by atoms with van der Waals surface area (Å²) in [5.74, 6) is 0.925. The van der Waals surface area contributed by atoms with Crippen molar-refractivity contribution in [3.05, 3.63) is 16.7 Å². The van der Waals surface area contributed by atoms with Crippen molar-refractivity contribution in [2.45, 2.75) is 45.4 Å². The lowest BCUT2D eigenvalue weighted by atomic mass is 10.0. The highest BCUT2D eigenvalue weighted by molar-refractivity contribution is 7.80. The van der Waals surface area contributed by atoms with Gasteiger partial charge in [-0.15, -0.1) is 12.6 Å². The first-order valence-corrected chi connectivity index (χ1v) is 6.62. The van der Waals surface area contributed by atoms with Crippen LogP contribution in [-0.4, -0.2) is 13.7 Å². The van der Waals surface area contributed by atoms with E-state index in [0.717, 1.165) is 35.8 Å². The molecule has 0 aliphatic carbocycles. The second-order valence-electron chi connectivity index (χ2n) is 4.38. The van der Waals surface area contributed by atoms with Crippen molar-refractivity contribution in [1.82, 2.24) is 0 Å². The molecular weight excluding hydrogens is 230 g/mol. The molecular formula is C14H23NOS. The Morgan fingerprint density at radius 3 is 2.29 bits per heavy atom. The smallest absolute Gasteiger partial charge is 0.137 e. The van der Waals surface area contributed by atoms with E-state index in [4.69, 9.17) is 4.74 Å². The third-order valence-corrected chi connectivity index (χ3v) is 3.71. The van der Waals surface area contributed by atoms with Crippen molar-refractivity contribution in [3.8, 4) is 5.75 Å². The third kappa shape index (κ3) is 2.89. The lowest BCUT2D eigenvalue weighted by molar-refractivity contribution is 0.300. The van der Waals surface area contributed by atoms with Gasteiger partial charge < -0.3 is 10.1 Å². The minimum absolute atomic E-state index is 0.760. The minimum Gasteiger partial charge on any atom is -0.492 e. The molecule has 0 spiro atoms. The van der Waals surface area contributed by atoms with Gasteiger partial charge in [-0.2, -0.15) is 0 Å². The van der Waals surface area contributed by atoms with E-state index in [-0.39, 0.29) is 0 Å². The van der Waals surface area contributed by atoms with E-state index in [1.807, 2.05) is 7.05 Å². The summed E-state index contributed by atoms with van der Waals surface area (Å²) in [6, 6.07) is 0. The van der Waals surface area contributed by atoms with Gasteiger partial charge in [0.25, 0.3) is 0 Å². The van der Waals surface area contributed by atoms with Crippen molar-refractivity contribution >= 4 is 18.3 Å². The van der Waals surface area contributed by atoms with E-state index < -0.39 is 0 Å². The standard InChI is InChI=1S/C14H23NOS/c1-6-7-8-16-13-11(4)9(2)10(3)12(15-5)14(13)17/h15,17H,6-8H2,1-5H3. The van der Waals surface area contributed by atoms with Gasteiger partial charge in [0.05, 0.1) is 17.2 Å². The minimum atomic E-state index is 0.760. The molecule has 1 rings (SSSR count). The van der Waals surface area contributed by atoms with Crippen LogP contribution in [0.4, 0.5) is 5.69 Å². The lowest BCUT2D eigenvalue weighted by Crippen LogP contribution is -2.05. The number of ether oxygens (including phenoxy) is 1. The molecule has 3 heteroatoms. The summed E-state index contributed by atoms with van der Waals surface area (Å²) >= 11 is 4.59. The number of hydrogen-bond donors (Lipinski definition) is 2. The number of thiol groups is 1. The summed E-state index contributed by atoms with van der Waals surface area (Å²) < 4.78 is 5.87. The normalized spacial score (nSPS) is 10.5. The summed E-state index contributed by atoms with van der Waals surface area (Å²) in [6.07, 6.45) is 2.22. The van der Waals surface area contributed by atoms with Crippen LogP contribution in [0, 0.1) is 20.8 Å². The predicted molar refractivity (Wildman–Crippen MR) is 77.9 cm³/mol. The summed E-state index contributed by atoms with van der Waals surface area (Å²) in [5, 5.41) is 3.21. The maximum atomic E-state index is 5.87. The summed E-state index contributed by atoms with van der Waals surface area (Å²) in [4.78, 5) is 0.921. The number of rotatable bonds is 5. The molecule has 0 saturated carbocycles. The lowest BCUT2D eigenvalue weighted by Gasteiger charge is -2.19. The van der Waals surface area contributed by atoms with Crippen molar-refractivity contribution in [2.24, 2.45) is 0 Å². The Morgan fingerprint density at radius 1 is 1.12 bits per heavy atom. The van der Waals surface area contributed by atoms with Gasteiger partial charge in [0.15, 0.2) is 0 Å².